The van der Waals surface area contributed by atoms with Crippen LogP contribution in [0.25, 0.3) is 0 Å². The van der Waals surface area contributed by atoms with Gasteiger partial charge in [-0.25, -0.2) is 0 Å². The molecule has 2 aromatic rings. The first-order valence-corrected chi connectivity index (χ1v) is 33.4. The van der Waals surface area contributed by atoms with Gasteiger partial charge in [0.05, 0.1) is 5.54 Å². The van der Waals surface area contributed by atoms with Crippen LogP contribution in [0.5, 0.6) is 0 Å². The Balaban J connectivity index is 0.000000490. The first-order chi connectivity index (χ1) is 23.2. The van der Waals surface area contributed by atoms with Gasteiger partial charge in [-0.2, -0.15) is 0 Å². The molecule has 4 bridgehead atoms. The second kappa shape index (κ2) is 18.4. The number of nitrogens with zero attached hydrogens (tertiary/aromatic N) is 1. The fraction of sp³-hybridized carbons (Fsp3) is 0.660. The van der Waals surface area contributed by atoms with Crippen molar-refractivity contribution in [1.29, 1.82) is 0 Å². The zero-order chi connectivity index (χ0) is 38.3. The molecule has 53 heavy (non-hydrogen) atoms. The molecule has 296 valence electrons. The Labute approximate surface area is 354 Å². The van der Waals surface area contributed by atoms with E-state index >= 15 is 0 Å². The van der Waals surface area contributed by atoms with Crippen molar-refractivity contribution in [3.63, 3.8) is 0 Å². The van der Waals surface area contributed by atoms with Crippen LogP contribution >= 0.6 is 7.05 Å². The molecule has 0 aliphatic heterocycles. The molecule has 6 fully saturated rings. The molecular weight excluding hydrogens is 785 g/mol. The largest absolute Gasteiger partial charge is 4.00 e. The Morgan fingerprint density at radius 2 is 0.830 bits per heavy atom. The van der Waals surface area contributed by atoms with Gasteiger partial charge in [0.2, 0.25) is 0 Å². The molecule has 6 saturated carbocycles. The molecule has 2 unspecified atom stereocenters. The molecular formula is C47H82NPSi3Zr. The number of fused-ring (bicyclic) bond motifs is 1. The predicted octanol–water partition coefficient (Wildman–Crippen LogP) is 14.2. The molecule has 8 rings (SSSR count). The summed E-state index contributed by atoms with van der Waals surface area (Å²) in [5, 5.41) is 3.13. The van der Waals surface area contributed by atoms with Crippen LogP contribution in [0.3, 0.4) is 0 Å². The van der Waals surface area contributed by atoms with E-state index in [2.05, 4.69) is 167 Å². The fourth-order valence-electron chi connectivity index (χ4n) is 11.1. The summed E-state index contributed by atoms with van der Waals surface area (Å²) in [6.07, 6.45) is 12.7. The van der Waals surface area contributed by atoms with Crippen LogP contribution in [0, 0.1) is 67.5 Å². The van der Waals surface area contributed by atoms with E-state index in [4.69, 9.17) is 4.74 Å². The molecule has 6 heteroatoms. The predicted molar refractivity (Wildman–Crippen MR) is 247 cm³/mol. The van der Waals surface area contributed by atoms with Gasteiger partial charge in [0.1, 0.15) is 0 Å². The Morgan fingerprint density at radius 3 is 1.11 bits per heavy atom. The molecule has 0 saturated heterocycles. The van der Waals surface area contributed by atoms with Gasteiger partial charge < -0.3 is 27.1 Å². The standard InChI is InChI=1S/C34H46NP.3C4H11Si.CH3.Zr/c1-32(2)23-33(3,4)31-19-29(18-30(31)32)36(27-11-7-5-8-12-27,28-13-9-6-10-14-28)35-34-20-24-15-25(21-34)17-26(16-24)22-34;3*1-5(2,3)4;;/h5-14,24-26,29-31H,15-23H2,1-4H3;3*1H2,2-4H3;1H3;/q;4*-1;+4. The average Bonchev–Trinajstić information content (AvgIpc) is 3.48. The quantitative estimate of drug-likeness (QED) is 0.165. The van der Waals surface area contributed by atoms with E-state index in [0.29, 0.717) is 16.5 Å². The van der Waals surface area contributed by atoms with Gasteiger partial charge in [-0.3, -0.25) is 4.74 Å². The zero-order valence-corrected chi connectivity index (χ0v) is 43.5. The maximum Gasteiger partial charge on any atom is 4.00 e. The third kappa shape index (κ3) is 13.9. The van der Waals surface area contributed by atoms with Gasteiger partial charge in [0, 0.05) is 12.7 Å². The molecule has 0 N–H and O–H groups in total. The van der Waals surface area contributed by atoms with Crippen molar-refractivity contribution in [3.8, 4) is 0 Å². The maximum absolute atomic E-state index is 6.46. The van der Waals surface area contributed by atoms with Crippen LogP contribution in [0.4, 0.5) is 0 Å². The fourth-order valence-corrected chi connectivity index (χ4v) is 15.8. The van der Waals surface area contributed by atoms with Crippen LogP contribution in [0.1, 0.15) is 85.5 Å². The van der Waals surface area contributed by atoms with E-state index in [1.165, 1.54) is 57.8 Å². The van der Waals surface area contributed by atoms with Crippen molar-refractivity contribution >= 4 is 41.9 Å². The minimum atomic E-state index is -1.94. The van der Waals surface area contributed by atoms with E-state index < -0.39 is 31.3 Å². The molecule has 6 aliphatic carbocycles. The van der Waals surface area contributed by atoms with Gasteiger partial charge in [-0.15, -0.1) is 24.2 Å². The molecule has 0 aromatic heterocycles. The summed E-state index contributed by atoms with van der Waals surface area (Å²) in [5.74, 6) is 4.48. The Bertz CT molecular complexity index is 1320. The second-order valence-corrected chi connectivity index (χ2v) is 41.5. The molecule has 0 heterocycles. The van der Waals surface area contributed by atoms with E-state index in [0.717, 1.165) is 29.6 Å². The van der Waals surface area contributed by atoms with E-state index in [1.54, 1.807) is 10.6 Å². The molecule has 0 radical (unpaired) electrons. The molecule has 0 amide bonds. The van der Waals surface area contributed by atoms with Crippen molar-refractivity contribution in [2.75, 3.05) is 0 Å². The summed E-state index contributed by atoms with van der Waals surface area (Å²) in [6.45, 7) is 42.0. The summed E-state index contributed by atoms with van der Waals surface area (Å²) in [7, 11) is -4.52. The van der Waals surface area contributed by atoms with Gasteiger partial charge in [-0.05, 0) is 109 Å². The number of hydrogen-bond acceptors (Lipinski definition) is 1. The summed E-state index contributed by atoms with van der Waals surface area (Å²) in [4.78, 5) is 0. The topological polar surface area (TPSA) is 12.4 Å². The van der Waals surface area contributed by atoms with Gasteiger partial charge >= 0.3 is 26.2 Å². The summed E-state index contributed by atoms with van der Waals surface area (Å²) in [5.41, 5.74) is 1.79. The van der Waals surface area contributed by atoms with Gasteiger partial charge in [0.15, 0.2) is 0 Å². The molecule has 2 atom stereocenters. The Morgan fingerprint density at radius 1 is 0.547 bits per heavy atom. The van der Waals surface area contributed by atoms with Crippen LogP contribution in [0.15, 0.2) is 65.4 Å². The Kier molecular flexibility index (Phi) is 17.2. The van der Waals surface area contributed by atoms with Crippen LogP contribution in [0.2, 0.25) is 58.9 Å². The summed E-state index contributed by atoms with van der Waals surface area (Å²) in [6, 6.07) is 23.5. The minimum Gasteiger partial charge on any atom is -0.358 e. The minimum absolute atomic E-state index is 0. The molecule has 0 spiro atoms. The third-order valence-corrected chi connectivity index (χ3v) is 16.0. The van der Waals surface area contributed by atoms with E-state index in [-0.39, 0.29) is 39.2 Å². The van der Waals surface area contributed by atoms with Crippen molar-refractivity contribution < 1.29 is 26.2 Å². The third-order valence-electron chi connectivity index (χ3n) is 11.7. The van der Waals surface area contributed by atoms with Crippen LogP contribution < -0.4 is 10.6 Å². The van der Waals surface area contributed by atoms with Crippen molar-refractivity contribution in [2.24, 2.45) is 45.2 Å². The monoisotopic (exact) mass is 865 g/mol. The van der Waals surface area contributed by atoms with Crippen LogP contribution in [-0.2, 0) is 26.2 Å². The second-order valence-electron chi connectivity index (χ2n) is 22.8. The van der Waals surface area contributed by atoms with Gasteiger partial charge in [0.25, 0.3) is 0 Å². The zero-order valence-electron chi connectivity index (χ0n) is 37.1. The summed E-state index contributed by atoms with van der Waals surface area (Å²) >= 11 is 0. The smallest absolute Gasteiger partial charge is 0.358 e. The maximum atomic E-state index is 6.46. The number of benzene rings is 2. The average molecular weight is 868 g/mol. The first-order valence-electron chi connectivity index (χ1n) is 20.5. The number of rotatable bonds is 4. The first kappa shape index (κ1) is 49.3. The molecule has 2 aromatic carbocycles. The van der Waals surface area contributed by atoms with E-state index in [1.807, 2.05) is 0 Å². The van der Waals surface area contributed by atoms with Crippen molar-refractivity contribution in [1.82, 2.24) is 0 Å². The SMILES string of the molecule is CC1(C)CC(C)(C)C2CC(P(=NC34CC5CC(CC(C5)C3)C4)(c3ccccc3)c3ccccc3)CC21.[CH2-][Si](C)(C)C.[CH2-][Si](C)(C)C.[CH2-][Si](C)(C)C.[CH3-].[Zr+4]. The normalized spacial score (nSPS) is 30.4. The van der Waals surface area contributed by atoms with Crippen molar-refractivity contribution in [3.05, 3.63) is 87.7 Å². The summed E-state index contributed by atoms with van der Waals surface area (Å²) < 4.78 is 6.46. The number of hydrogen-bond donors (Lipinski definition) is 0. The van der Waals surface area contributed by atoms with Crippen LogP contribution in [-0.4, -0.2) is 35.4 Å². The van der Waals surface area contributed by atoms with Gasteiger partial charge in [-0.1, -0.05) is 147 Å². The van der Waals surface area contributed by atoms with Crippen molar-refractivity contribution in [2.45, 2.75) is 156 Å². The Hall–Kier alpha value is 0.204. The van der Waals surface area contributed by atoms with E-state index in [9.17, 15) is 0 Å². The molecule has 1 nitrogen and oxygen atoms in total. The molecule has 6 aliphatic rings.